The van der Waals surface area contributed by atoms with Crippen molar-refractivity contribution in [3.05, 3.63) is 104 Å². The van der Waals surface area contributed by atoms with Gasteiger partial charge in [0.05, 0.1) is 17.2 Å². The van der Waals surface area contributed by atoms with Crippen LogP contribution in [0.2, 0.25) is 5.02 Å². The molecular formula is C28H23ClINO4S. The number of rotatable bonds is 9. The summed E-state index contributed by atoms with van der Waals surface area (Å²) < 4.78 is 13.3. The van der Waals surface area contributed by atoms with E-state index >= 15 is 0 Å². The molecule has 36 heavy (non-hydrogen) atoms. The van der Waals surface area contributed by atoms with Crippen LogP contribution in [0.25, 0.3) is 6.08 Å². The van der Waals surface area contributed by atoms with Crippen molar-refractivity contribution >= 4 is 68.9 Å². The number of benzene rings is 3. The molecule has 0 saturated carbocycles. The first-order valence-corrected chi connectivity index (χ1v) is 13.5. The molecule has 1 aliphatic heterocycles. The van der Waals surface area contributed by atoms with Gasteiger partial charge in [0, 0.05) is 14.2 Å². The Morgan fingerprint density at radius 1 is 1.08 bits per heavy atom. The predicted octanol–water partition coefficient (Wildman–Crippen LogP) is 7.89. The number of carbonyl (C=O) groups is 2. The molecule has 0 aromatic heterocycles. The van der Waals surface area contributed by atoms with Crippen LogP contribution in [0.4, 0.5) is 10.5 Å². The van der Waals surface area contributed by atoms with Crippen LogP contribution in [0.5, 0.6) is 11.5 Å². The molecule has 1 saturated heterocycles. The summed E-state index contributed by atoms with van der Waals surface area (Å²) in [6.07, 6.45) is 4.04. The summed E-state index contributed by atoms with van der Waals surface area (Å²) in [5, 5.41) is 0.0779. The molecule has 5 nitrogen and oxygen atoms in total. The second-order valence-electron chi connectivity index (χ2n) is 7.85. The number of amides is 2. The molecule has 0 unspecified atom stereocenters. The SMILES string of the molecule is C=CCc1cc(/C=C2/SC(=O)N(c3cccc(Cl)c3)C2=O)cc(OCC)c1OCc1ccc(I)cc1. The van der Waals surface area contributed by atoms with Gasteiger partial charge in [-0.25, -0.2) is 4.90 Å². The Bertz CT molecular complexity index is 1340. The van der Waals surface area contributed by atoms with Gasteiger partial charge in [-0.1, -0.05) is 35.9 Å². The number of thioether (sulfide) groups is 1. The highest BCUT2D eigenvalue weighted by molar-refractivity contribution is 14.1. The van der Waals surface area contributed by atoms with Crippen molar-refractivity contribution in [2.24, 2.45) is 0 Å². The van der Waals surface area contributed by atoms with Crippen molar-refractivity contribution in [1.29, 1.82) is 0 Å². The molecule has 1 aliphatic rings. The maximum absolute atomic E-state index is 13.1. The Kier molecular flexibility index (Phi) is 8.77. The Morgan fingerprint density at radius 3 is 2.56 bits per heavy atom. The van der Waals surface area contributed by atoms with Gasteiger partial charge in [0.15, 0.2) is 11.5 Å². The standard InChI is InChI=1S/C28H23ClINO4S/c1-3-6-20-13-19(14-24(34-4-2)26(20)35-17-18-9-11-22(30)12-10-18)15-25-27(32)31(28(33)36-25)23-8-5-7-21(29)16-23/h3,5,7-16H,1,4,6,17H2,2H3/b25-15+. The molecule has 184 valence electrons. The number of carbonyl (C=O) groups excluding carboxylic acids is 2. The molecule has 0 aliphatic carbocycles. The van der Waals surface area contributed by atoms with Crippen molar-refractivity contribution in [2.75, 3.05) is 11.5 Å². The van der Waals surface area contributed by atoms with E-state index in [1.165, 1.54) is 0 Å². The van der Waals surface area contributed by atoms with Gasteiger partial charge in [0.25, 0.3) is 11.1 Å². The van der Waals surface area contributed by atoms with E-state index in [0.29, 0.717) is 46.7 Å². The van der Waals surface area contributed by atoms with Gasteiger partial charge >= 0.3 is 0 Å². The summed E-state index contributed by atoms with van der Waals surface area (Å²) in [6, 6.07) is 18.6. The normalized spacial score (nSPS) is 14.4. The average molecular weight is 632 g/mol. The molecule has 2 amide bonds. The van der Waals surface area contributed by atoms with Crippen molar-refractivity contribution in [1.82, 2.24) is 0 Å². The summed E-state index contributed by atoms with van der Waals surface area (Å²) in [4.78, 5) is 27.2. The summed E-state index contributed by atoms with van der Waals surface area (Å²) in [6.45, 7) is 6.61. The summed E-state index contributed by atoms with van der Waals surface area (Å²) in [5.74, 6) is 0.816. The van der Waals surface area contributed by atoms with Crippen LogP contribution in [0.3, 0.4) is 0 Å². The minimum absolute atomic E-state index is 0.319. The smallest absolute Gasteiger partial charge is 0.298 e. The fraction of sp³-hybridized carbons (Fsp3) is 0.143. The van der Waals surface area contributed by atoms with Gasteiger partial charge in [0.1, 0.15) is 6.61 Å². The highest BCUT2D eigenvalue weighted by Crippen LogP contribution is 2.39. The zero-order chi connectivity index (χ0) is 25.7. The molecule has 3 aromatic carbocycles. The summed E-state index contributed by atoms with van der Waals surface area (Å²) in [7, 11) is 0. The van der Waals surface area contributed by atoms with Crippen LogP contribution in [-0.2, 0) is 17.8 Å². The number of anilines is 1. The van der Waals surface area contributed by atoms with E-state index < -0.39 is 5.91 Å². The van der Waals surface area contributed by atoms with Crippen molar-refractivity contribution < 1.29 is 19.1 Å². The first-order chi connectivity index (χ1) is 17.4. The van der Waals surface area contributed by atoms with Gasteiger partial charge in [-0.05, 0) is 107 Å². The zero-order valence-corrected chi connectivity index (χ0v) is 23.2. The molecule has 0 radical (unpaired) electrons. The second kappa shape index (κ2) is 12.0. The largest absolute Gasteiger partial charge is 0.490 e. The van der Waals surface area contributed by atoms with E-state index in [9.17, 15) is 9.59 Å². The minimum Gasteiger partial charge on any atom is -0.490 e. The average Bonchev–Trinajstić information content (AvgIpc) is 3.12. The maximum Gasteiger partial charge on any atom is 0.298 e. The monoisotopic (exact) mass is 631 g/mol. The number of halogens is 2. The number of nitrogens with zero attached hydrogens (tertiary/aromatic N) is 1. The zero-order valence-electron chi connectivity index (χ0n) is 19.5. The van der Waals surface area contributed by atoms with E-state index in [2.05, 4.69) is 29.2 Å². The quantitative estimate of drug-likeness (QED) is 0.137. The number of ether oxygens (including phenoxy) is 2. The first-order valence-electron chi connectivity index (χ1n) is 11.2. The fourth-order valence-corrected chi connectivity index (χ4v) is 5.08. The highest BCUT2D eigenvalue weighted by atomic mass is 127. The topological polar surface area (TPSA) is 55.8 Å². The lowest BCUT2D eigenvalue weighted by Gasteiger charge is -2.17. The number of imide groups is 1. The number of allylic oxidation sites excluding steroid dienone is 1. The number of hydrogen-bond donors (Lipinski definition) is 0. The molecule has 3 aromatic rings. The lowest BCUT2D eigenvalue weighted by molar-refractivity contribution is -0.113. The van der Waals surface area contributed by atoms with Gasteiger partial charge in [-0.15, -0.1) is 6.58 Å². The van der Waals surface area contributed by atoms with Crippen LogP contribution in [0.15, 0.2) is 78.2 Å². The van der Waals surface area contributed by atoms with E-state index in [4.69, 9.17) is 21.1 Å². The summed E-state index contributed by atoms with van der Waals surface area (Å²) >= 11 is 9.22. The molecular weight excluding hydrogens is 609 g/mol. The second-order valence-corrected chi connectivity index (χ2v) is 10.5. The predicted molar refractivity (Wildman–Crippen MR) is 155 cm³/mol. The minimum atomic E-state index is -0.394. The Morgan fingerprint density at radius 2 is 1.86 bits per heavy atom. The highest BCUT2D eigenvalue weighted by Gasteiger charge is 2.36. The molecule has 0 N–H and O–H groups in total. The lowest BCUT2D eigenvalue weighted by atomic mass is 10.0. The van der Waals surface area contributed by atoms with Gasteiger partial charge < -0.3 is 9.47 Å². The van der Waals surface area contributed by atoms with Crippen molar-refractivity contribution in [3.63, 3.8) is 0 Å². The third kappa shape index (κ3) is 6.14. The number of hydrogen-bond acceptors (Lipinski definition) is 5. The third-order valence-electron chi connectivity index (χ3n) is 5.27. The van der Waals surface area contributed by atoms with Crippen LogP contribution in [0, 0.1) is 3.57 Å². The Labute approximate surface area is 233 Å². The Balaban J connectivity index is 1.66. The van der Waals surface area contributed by atoms with E-state index in [1.54, 1.807) is 36.4 Å². The van der Waals surface area contributed by atoms with Crippen molar-refractivity contribution in [3.8, 4) is 11.5 Å². The lowest BCUT2D eigenvalue weighted by Crippen LogP contribution is -2.27. The van der Waals surface area contributed by atoms with Gasteiger partial charge in [-0.3, -0.25) is 9.59 Å². The van der Waals surface area contributed by atoms with Gasteiger partial charge in [-0.2, -0.15) is 0 Å². The maximum atomic E-state index is 13.1. The van der Waals surface area contributed by atoms with Gasteiger partial charge in [0.2, 0.25) is 0 Å². The fourth-order valence-electron chi connectivity index (χ4n) is 3.69. The molecule has 0 spiro atoms. The molecule has 4 rings (SSSR count). The molecule has 1 fully saturated rings. The Hall–Kier alpha value is -2.75. The van der Waals surface area contributed by atoms with Crippen LogP contribution >= 0.6 is 46.0 Å². The van der Waals surface area contributed by atoms with Crippen LogP contribution in [-0.4, -0.2) is 17.8 Å². The molecule has 8 heteroatoms. The van der Waals surface area contributed by atoms with Crippen LogP contribution < -0.4 is 14.4 Å². The molecule has 0 bridgehead atoms. The third-order valence-corrected chi connectivity index (χ3v) is 7.10. The van der Waals surface area contributed by atoms with Crippen LogP contribution in [0.1, 0.15) is 23.6 Å². The first kappa shape index (κ1) is 26.3. The summed E-state index contributed by atoms with van der Waals surface area (Å²) in [5.41, 5.74) is 3.09. The van der Waals surface area contributed by atoms with E-state index in [-0.39, 0.29) is 5.24 Å². The van der Waals surface area contributed by atoms with E-state index in [0.717, 1.165) is 36.9 Å². The molecule has 1 heterocycles. The molecule has 0 atom stereocenters. The van der Waals surface area contributed by atoms with E-state index in [1.807, 2.05) is 43.3 Å². The van der Waals surface area contributed by atoms with Crippen molar-refractivity contribution in [2.45, 2.75) is 20.0 Å².